The summed E-state index contributed by atoms with van der Waals surface area (Å²) in [5.41, 5.74) is -3.05. The van der Waals surface area contributed by atoms with Crippen LogP contribution in [-0.2, 0) is 15.8 Å². The number of nitrogens with zero attached hydrogens (tertiary/aromatic N) is 3. The van der Waals surface area contributed by atoms with Crippen molar-refractivity contribution in [3.05, 3.63) is 65.2 Å². The molecule has 2 aliphatic heterocycles. The second-order valence-electron chi connectivity index (χ2n) is 10.2. The van der Waals surface area contributed by atoms with Gasteiger partial charge in [0.25, 0.3) is 11.8 Å². The highest BCUT2D eigenvalue weighted by Crippen LogP contribution is 2.40. The Morgan fingerprint density at radius 2 is 1.57 bits per heavy atom. The highest BCUT2D eigenvalue weighted by Gasteiger charge is 2.58. The van der Waals surface area contributed by atoms with Crippen LogP contribution in [0.2, 0.25) is 0 Å². The molecule has 1 N–H and O–H groups in total. The largest absolute Gasteiger partial charge is 0.416 e. The highest BCUT2D eigenvalue weighted by atomic mass is 19.4. The number of urea groups is 1. The third-order valence-corrected chi connectivity index (χ3v) is 7.35. The Morgan fingerprint density at radius 1 is 0.975 bits per heavy atom. The van der Waals surface area contributed by atoms with Crippen LogP contribution in [0.15, 0.2) is 42.5 Å². The van der Waals surface area contributed by atoms with E-state index in [1.165, 1.54) is 41.1 Å². The van der Waals surface area contributed by atoms with Crippen molar-refractivity contribution in [1.82, 2.24) is 15.1 Å². The summed E-state index contributed by atoms with van der Waals surface area (Å²) < 4.78 is 67.1. The summed E-state index contributed by atoms with van der Waals surface area (Å²) in [6.07, 6.45) is -4.70. The van der Waals surface area contributed by atoms with Crippen LogP contribution in [0, 0.1) is 17.6 Å². The number of benzene rings is 2. The molecular formula is C27H27F5N4O4. The molecule has 4 rings (SSSR count). The van der Waals surface area contributed by atoms with Crippen LogP contribution < -0.4 is 10.2 Å². The Hall–Kier alpha value is -4.03. The first-order valence-corrected chi connectivity index (χ1v) is 12.5. The predicted octanol–water partition coefficient (Wildman–Crippen LogP) is 4.20. The lowest BCUT2D eigenvalue weighted by Crippen LogP contribution is -2.60. The average molecular weight is 567 g/mol. The minimum Gasteiger partial charge on any atom is -0.341 e. The lowest BCUT2D eigenvalue weighted by atomic mass is 9.85. The van der Waals surface area contributed by atoms with Crippen molar-refractivity contribution in [3.8, 4) is 0 Å². The van der Waals surface area contributed by atoms with Gasteiger partial charge in [-0.1, -0.05) is 13.8 Å². The topological polar surface area (TPSA) is 90.0 Å². The van der Waals surface area contributed by atoms with Gasteiger partial charge in [0.2, 0.25) is 5.91 Å². The predicted molar refractivity (Wildman–Crippen MR) is 133 cm³/mol. The molecule has 13 heteroatoms. The minimum absolute atomic E-state index is 0.0143. The van der Waals surface area contributed by atoms with Crippen molar-refractivity contribution >= 4 is 29.4 Å². The number of likely N-dealkylation sites (N-methyl/N-ethyl adjacent to an activating group) is 1. The van der Waals surface area contributed by atoms with E-state index >= 15 is 0 Å². The zero-order valence-electron chi connectivity index (χ0n) is 21.9. The van der Waals surface area contributed by atoms with Crippen molar-refractivity contribution in [2.75, 3.05) is 25.0 Å². The van der Waals surface area contributed by atoms with E-state index in [-0.39, 0.29) is 25.9 Å². The summed E-state index contributed by atoms with van der Waals surface area (Å²) in [6, 6.07) is 4.76. The molecule has 1 atom stereocenters. The lowest BCUT2D eigenvalue weighted by Gasteiger charge is -2.43. The van der Waals surface area contributed by atoms with Crippen LogP contribution in [0.5, 0.6) is 0 Å². The summed E-state index contributed by atoms with van der Waals surface area (Å²) in [5.74, 6) is -4.42. The molecule has 1 unspecified atom stereocenters. The molecule has 0 aromatic heterocycles. The second-order valence-corrected chi connectivity index (χ2v) is 10.2. The third kappa shape index (κ3) is 5.11. The molecule has 0 saturated carbocycles. The van der Waals surface area contributed by atoms with E-state index in [1.807, 2.05) is 0 Å². The fraction of sp³-hybridized carbons (Fsp3) is 0.407. The Labute approximate surface area is 226 Å². The number of carbonyl (C=O) groups excluding carboxylic acids is 4. The molecule has 2 aromatic carbocycles. The number of alkyl halides is 3. The molecule has 2 fully saturated rings. The minimum atomic E-state index is -4.80. The first-order chi connectivity index (χ1) is 18.7. The number of carbonyl (C=O) groups is 4. The van der Waals surface area contributed by atoms with Gasteiger partial charge in [-0.2, -0.15) is 13.2 Å². The van der Waals surface area contributed by atoms with E-state index in [0.29, 0.717) is 23.9 Å². The Morgan fingerprint density at radius 3 is 2.12 bits per heavy atom. The first-order valence-electron chi connectivity index (χ1n) is 12.5. The van der Waals surface area contributed by atoms with Gasteiger partial charge in [0.15, 0.2) is 0 Å². The van der Waals surface area contributed by atoms with Crippen molar-refractivity contribution < 1.29 is 41.1 Å². The van der Waals surface area contributed by atoms with Gasteiger partial charge in [0, 0.05) is 25.8 Å². The SMILES string of the molecule is CC(C)C(NC(=O)c1cc(C(F)(F)F)ccc1F)C(=O)N1CCC2(CC1)C(=O)N(C)C(=O)N2c1ccc(F)cc1. The Bertz CT molecular complexity index is 1340. The Balaban J connectivity index is 1.53. The number of hydrogen-bond donors (Lipinski definition) is 1. The van der Waals surface area contributed by atoms with Gasteiger partial charge < -0.3 is 10.2 Å². The fourth-order valence-corrected chi connectivity index (χ4v) is 5.11. The number of imide groups is 1. The fourth-order valence-electron chi connectivity index (χ4n) is 5.11. The quantitative estimate of drug-likeness (QED) is 0.434. The number of piperidine rings is 1. The van der Waals surface area contributed by atoms with Crippen LogP contribution in [0.25, 0.3) is 0 Å². The Kier molecular flexibility index (Phi) is 7.61. The lowest BCUT2D eigenvalue weighted by molar-refractivity contribution is -0.139. The zero-order valence-corrected chi connectivity index (χ0v) is 21.9. The monoisotopic (exact) mass is 566 g/mol. The number of likely N-dealkylation sites (tertiary alicyclic amines) is 1. The summed E-state index contributed by atoms with van der Waals surface area (Å²) in [5, 5.41) is 2.36. The maximum Gasteiger partial charge on any atom is 0.416 e. The van der Waals surface area contributed by atoms with E-state index < -0.39 is 70.2 Å². The van der Waals surface area contributed by atoms with Gasteiger partial charge in [0.1, 0.15) is 23.2 Å². The molecule has 5 amide bonds. The van der Waals surface area contributed by atoms with Crippen LogP contribution in [0.4, 0.5) is 32.4 Å². The summed E-state index contributed by atoms with van der Waals surface area (Å²) in [7, 11) is 1.34. The van der Waals surface area contributed by atoms with Gasteiger partial charge in [-0.15, -0.1) is 0 Å². The average Bonchev–Trinajstić information content (AvgIpc) is 3.07. The molecule has 8 nitrogen and oxygen atoms in total. The highest BCUT2D eigenvalue weighted by molar-refractivity contribution is 6.16. The van der Waals surface area contributed by atoms with Crippen LogP contribution in [-0.4, -0.2) is 65.3 Å². The summed E-state index contributed by atoms with van der Waals surface area (Å²) >= 11 is 0. The standard InChI is InChI=1S/C27H27F5N4O4/c1-15(2)21(33-22(37)19-14-16(27(30,31)32)4-9-20(19)29)23(38)35-12-10-26(11-13-35)24(39)34(3)25(40)36(26)18-7-5-17(28)6-8-18/h4-9,14-15,21H,10-13H2,1-3H3,(H,33,37). The van der Waals surface area contributed by atoms with Gasteiger partial charge in [-0.25, -0.2) is 13.6 Å². The van der Waals surface area contributed by atoms with Crippen molar-refractivity contribution in [3.63, 3.8) is 0 Å². The van der Waals surface area contributed by atoms with Crippen LogP contribution in [0.1, 0.15) is 42.6 Å². The van der Waals surface area contributed by atoms with Crippen molar-refractivity contribution in [2.24, 2.45) is 5.92 Å². The number of anilines is 1. The van der Waals surface area contributed by atoms with Crippen molar-refractivity contribution in [1.29, 1.82) is 0 Å². The first kappa shape index (κ1) is 29.0. The van der Waals surface area contributed by atoms with Gasteiger partial charge in [-0.3, -0.25) is 24.2 Å². The molecule has 0 bridgehead atoms. The maximum atomic E-state index is 14.3. The van der Waals surface area contributed by atoms with E-state index in [0.717, 1.165) is 4.90 Å². The molecule has 1 spiro atoms. The molecule has 2 heterocycles. The number of hydrogen-bond acceptors (Lipinski definition) is 4. The van der Waals surface area contributed by atoms with Gasteiger partial charge in [-0.05, 0) is 61.2 Å². The molecule has 2 aliphatic rings. The molecule has 214 valence electrons. The number of amides is 5. The van der Waals surface area contributed by atoms with Gasteiger partial charge in [0.05, 0.1) is 11.1 Å². The molecule has 0 aliphatic carbocycles. The third-order valence-electron chi connectivity index (χ3n) is 7.35. The molecule has 2 aromatic rings. The van der Waals surface area contributed by atoms with Crippen LogP contribution in [0.3, 0.4) is 0 Å². The zero-order chi connectivity index (χ0) is 29.6. The number of nitrogens with one attached hydrogen (secondary N) is 1. The van der Waals surface area contributed by atoms with Crippen LogP contribution >= 0.6 is 0 Å². The van der Waals surface area contributed by atoms with E-state index in [2.05, 4.69) is 5.32 Å². The molecule has 40 heavy (non-hydrogen) atoms. The normalized spacial score (nSPS) is 18.1. The molecule has 0 radical (unpaired) electrons. The van der Waals surface area contributed by atoms with E-state index in [1.54, 1.807) is 13.8 Å². The molecule has 2 saturated heterocycles. The summed E-state index contributed by atoms with van der Waals surface area (Å²) in [4.78, 5) is 56.1. The van der Waals surface area contributed by atoms with Crippen molar-refractivity contribution in [2.45, 2.75) is 44.4 Å². The second kappa shape index (κ2) is 10.5. The van der Waals surface area contributed by atoms with Gasteiger partial charge >= 0.3 is 12.2 Å². The maximum absolute atomic E-state index is 14.3. The van der Waals surface area contributed by atoms with E-state index in [4.69, 9.17) is 0 Å². The smallest absolute Gasteiger partial charge is 0.341 e. The molecular weight excluding hydrogens is 539 g/mol. The number of halogens is 5. The summed E-state index contributed by atoms with van der Waals surface area (Å²) in [6.45, 7) is 3.25. The van der Waals surface area contributed by atoms with E-state index in [9.17, 15) is 41.1 Å². The number of rotatable bonds is 5.